The molecule has 1 fully saturated rings. The number of H-pyrrole nitrogens is 1. The maximum Gasteiger partial charge on any atom is 0.357 e. The van der Waals surface area contributed by atoms with Crippen LogP contribution in [0.15, 0.2) is 0 Å². The zero-order valence-electron chi connectivity index (χ0n) is 8.53. The van der Waals surface area contributed by atoms with Gasteiger partial charge >= 0.3 is 5.97 Å². The normalized spacial score (nSPS) is 16.0. The van der Waals surface area contributed by atoms with Gasteiger partial charge in [-0.1, -0.05) is 0 Å². The van der Waals surface area contributed by atoms with Gasteiger partial charge in [-0.2, -0.15) is 5.10 Å². The van der Waals surface area contributed by atoms with Crippen molar-refractivity contribution in [2.75, 3.05) is 13.1 Å². The third-order valence-corrected chi connectivity index (χ3v) is 3.76. The molecule has 1 aliphatic rings. The zero-order chi connectivity index (χ0) is 11.9. The van der Waals surface area contributed by atoms with Gasteiger partial charge in [-0.3, -0.25) is 9.89 Å². The van der Waals surface area contributed by atoms with E-state index in [9.17, 15) is 9.59 Å². The van der Waals surface area contributed by atoms with Crippen LogP contribution in [0, 0.1) is 3.57 Å². The first-order valence-electron chi connectivity index (χ1n) is 4.73. The predicted molar refractivity (Wildman–Crippen MR) is 63.3 cm³/mol. The second-order valence-corrected chi connectivity index (χ2v) is 4.80. The summed E-state index contributed by atoms with van der Waals surface area (Å²) in [5.41, 5.74) is 0.868. The van der Waals surface area contributed by atoms with Crippen molar-refractivity contribution in [3.8, 4) is 0 Å². The van der Waals surface area contributed by atoms with Crippen molar-refractivity contribution in [2.24, 2.45) is 0 Å². The first-order valence-corrected chi connectivity index (χ1v) is 5.81. The highest BCUT2D eigenvalue weighted by Gasteiger charge is 2.33. The van der Waals surface area contributed by atoms with Gasteiger partial charge in [0, 0.05) is 25.9 Å². The molecule has 1 aromatic rings. The van der Waals surface area contributed by atoms with E-state index in [0.29, 0.717) is 16.7 Å². The van der Waals surface area contributed by atoms with Crippen molar-refractivity contribution in [2.45, 2.75) is 12.8 Å². The minimum Gasteiger partial charge on any atom is -0.476 e. The Hall–Kier alpha value is -1.12. The van der Waals surface area contributed by atoms with Crippen molar-refractivity contribution < 1.29 is 14.7 Å². The summed E-state index contributed by atoms with van der Waals surface area (Å²) in [4.78, 5) is 23.5. The fraction of sp³-hybridized carbons (Fsp3) is 0.444. The number of carbonyl (C=O) groups excluding carboxylic acids is 1. The Morgan fingerprint density at radius 2 is 2.19 bits per heavy atom. The number of nitrogens with one attached hydrogen (secondary N) is 1. The molecule has 0 aromatic carbocycles. The number of hydrogen-bond acceptors (Lipinski definition) is 3. The number of carbonyl (C=O) groups is 2. The van der Waals surface area contributed by atoms with Gasteiger partial charge in [-0.15, -0.1) is 0 Å². The predicted octanol–water partition coefficient (Wildman–Crippen LogP) is 0.658. The molecule has 7 heteroatoms. The molecule has 0 bridgehead atoms. The number of likely N-dealkylation sites (tertiary alicyclic amines) is 1. The summed E-state index contributed by atoms with van der Waals surface area (Å²) < 4.78 is 0.637. The Labute approximate surface area is 105 Å². The minimum absolute atomic E-state index is 0.0456. The molecule has 1 aliphatic heterocycles. The Morgan fingerprint density at radius 3 is 2.62 bits per heavy atom. The van der Waals surface area contributed by atoms with Crippen LogP contribution < -0.4 is 0 Å². The quantitative estimate of drug-likeness (QED) is 0.778. The maximum absolute atomic E-state index is 11.0. The molecule has 2 rings (SSSR count). The van der Waals surface area contributed by atoms with Crippen LogP contribution in [0.1, 0.15) is 29.0 Å². The number of hydrogen-bond donors (Lipinski definition) is 2. The maximum atomic E-state index is 11.0. The first-order chi connectivity index (χ1) is 7.50. The molecule has 0 unspecified atom stereocenters. The van der Waals surface area contributed by atoms with Crippen LogP contribution in [0.4, 0.5) is 0 Å². The van der Waals surface area contributed by atoms with Gasteiger partial charge in [-0.05, 0) is 22.6 Å². The number of aromatic carboxylic acids is 1. The molecule has 0 spiro atoms. The van der Waals surface area contributed by atoms with E-state index in [4.69, 9.17) is 5.11 Å². The number of rotatable bonds is 2. The molecule has 0 saturated carbocycles. The molecule has 86 valence electrons. The molecule has 6 nitrogen and oxygen atoms in total. The lowest BCUT2D eigenvalue weighted by molar-refractivity contribution is -0.133. The topological polar surface area (TPSA) is 86.3 Å². The van der Waals surface area contributed by atoms with Crippen LogP contribution in [-0.2, 0) is 4.79 Å². The van der Waals surface area contributed by atoms with E-state index in [1.807, 2.05) is 22.6 Å². The molecule has 2 N–H and O–H groups in total. The van der Waals surface area contributed by atoms with E-state index in [-0.39, 0.29) is 17.5 Å². The van der Waals surface area contributed by atoms with E-state index in [0.717, 1.165) is 5.69 Å². The summed E-state index contributed by atoms with van der Waals surface area (Å²) in [5.74, 6) is -0.810. The Morgan fingerprint density at radius 1 is 1.56 bits per heavy atom. The van der Waals surface area contributed by atoms with E-state index >= 15 is 0 Å². The standard InChI is InChI=1S/C9H10IN3O3/c1-4(14)13-2-5(3-13)7-6(10)8(9(15)16)12-11-7/h5H,2-3H2,1H3,(H,11,12)(H,15,16). The van der Waals surface area contributed by atoms with Gasteiger partial charge in [0.1, 0.15) is 0 Å². The summed E-state index contributed by atoms with van der Waals surface area (Å²) in [6.07, 6.45) is 0. The van der Waals surface area contributed by atoms with Crippen molar-refractivity contribution in [3.63, 3.8) is 0 Å². The molecule has 2 heterocycles. The van der Waals surface area contributed by atoms with Crippen molar-refractivity contribution >= 4 is 34.5 Å². The second-order valence-electron chi connectivity index (χ2n) is 3.73. The van der Waals surface area contributed by atoms with Gasteiger partial charge in [0.05, 0.1) is 9.26 Å². The van der Waals surface area contributed by atoms with Gasteiger partial charge in [0.25, 0.3) is 0 Å². The lowest BCUT2D eigenvalue weighted by Gasteiger charge is -2.38. The number of aromatic amines is 1. The lowest BCUT2D eigenvalue weighted by atomic mass is 9.96. The van der Waals surface area contributed by atoms with Gasteiger partial charge in [0.15, 0.2) is 5.69 Å². The van der Waals surface area contributed by atoms with Crippen LogP contribution in [0.2, 0.25) is 0 Å². The molecule has 16 heavy (non-hydrogen) atoms. The van der Waals surface area contributed by atoms with Crippen molar-refractivity contribution in [1.29, 1.82) is 0 Å². The smallest absolute Gasteiger partial charge is 0.357 e. The monoisotopic (exact) mass is 335 g/mol. The number of aromatic nitrogens is 2. The van der Waals surface area contributed by atoms with E-state index in [1.54, 1.807) is 4.90 Å². The molecule has 0 atom stereocenters. The highest BCUT2D eigenvalue weighted by atomic mass is 127. The van der Waals surface area contributed by atoms with Crippen LogP contribution in [-0.4, -0.2) is 45.2 Å². The molecule has 1 amide bonds. The summed E-state index contributed by atoms with van der Waals surface area (Å²) in [6.45, 7) is 2.79. The van der Waals surface area contributed by atoms with E-state index < -0.39 is 5.97 Å². The molecule has 0 radical (unpaired) electrons. The van der Waals surface area contributed by atoms with Crippen LogP contribution in [0.5, 0.6) is 0 Å². The van der Waals surface area contributed by atoms with E-state index in [2.05, 4.69) is 10.2 Å². The summed E-state index contributed by atoms with van der Waals surface area (Å²) in [7, 11) is 0. The average Bonchev–Trinajstić information content (AvgIpc) is 2.45. The lowest BCUT2D eigenvalue weighted by Crippen LogP contribution is -2.47. The number of carboxylic acid groups (broad SMARTS) is 1. The largest absolute Gasteiger partial charge is 0.476 e. The SMILES string of the molecule is CC(=O)N1CC(c2[nH]nc(C(=O)O)c2I)C1. The Balaban J connectivity index is 2.13. The molecular formula is C9H10IN3O3. The second kappa shape index (κ2) is 4.04. The number of halogens is 1. The van der Waals surface area contributed by atoms with Crippen LogP contribution >= 0.6 is 22.6 Å². The van der Waals surface area contributed by atoms with Gasteiger partial charge < -0.3 is 10.0 Å². The fourth-order valence-electron chi connectivity index (χ4n) is 1.67. The van der Waals surface area contributed by atoms with Crippen molar-refractivity contribution in [3.05, 3.63) is 15.0 Å². The third kappa shape index (κ3) is 1.79. The highest BCUT2D eigenvalue weighted by Crippen LogP contribution is 2.30. The molecule has 0 aliphatic carbocycles. The zero-order valence-corrected chi connectivity index (χ0v) is 10.7. The summed E-state index contributed by atoms with van der Waals surface area (Å²) in [6, 6.07) is 0. The van der Waals surface area contributed by atoms with Crippen LogP contribution in [0.3, 0.4) is 0 Å². The van der Waals surface area contributed by atoms with E-state index in [1.165, 1.54) is 6.92 Å². The summed E-state index contributed by atoms with van der Waals surface area (Å²) >= 11 is 1.97. The number of nitrogens with zero attached hydrogens (tertiary/aromatic N) is 2. The Kier molecular flexibility index (Phi) is 2.87. The van der Waals surface area contributed by atoms with Gasteiger partial charge in [0.2, 0.25) is 5.91 Å². The van der Waals surface area contributed by atoms with Crippen molar-refractivity contribution in [1.82, 2.24) is 15.1 Å². The first kappa shape index (κ1) is 11.4. The third-order valence-electron chi connectivity index (χ3n) is 2.67. The fourth-order valence-corrected chi connectivity index (χ4v) is 2.58. The Bertz CT molecular complexity index is 451. The van der Waals surface area contributed by atoms with Crippen LogP contribution in [0.25, 0.3) is 0 Å². The molecule has 1 saturated heterocycles. The molecule has 1 aromatic heterocycles. The molecular weight excluding hydrogens is 325 g/mol. The van der Waals surface area contributed by atoms with Gasteiger partial charge in [-0.25, -0.2) is 4.79 Å². The summed E-state index contributed by atoms with van der Waals surface area (Å²) in [5, 5.41) is 15.3. The average molecular weight is 335 g/mol. The number of amides is 1. The number of carboxylic acids is 1. The minimum atomic E-state index is -1.03. The highest BCUT2D eigenvalue weighted by molar-refractivity contribution is 14.1.